The van der Waals surface area contributed by atoms with Gasteiger partial charge in [-0.15, -0.1) is 0 Å². The Morgan fingerprint density at radius 3 is 2.57 bits per heavy atom. The molecule has 3 heteroatoms. The Bertz CT molecular complexity index is 161. The van der Waals surface area contributed by atoms with Crippen molar-refractivity contribution in [2.45, 2.75) is 32.9 Å². The van der Waals surface area contributed by atoms with E-state index in [1.165, 1.54) is 19.6 Å². The molecule has 0 bridgehead atoms. The summed E-state index contributed by atoms with van der Waals surface area (Å²) in [6, 6.07) is 1.35. The van der Waals surface area contributed by atoms with Crippen molar-refractivity contribution in [1.82, 2.24) is 9.80 Å². The van der Waals surface area contributed by atoms with E-state index >= 15 is 0 Å². The second-order valence-electron chi connectivity index (χ2n) is 4.47. The minimum absolute atomic E-state index is 0.668. The maximum atomic E-state index is 5.11. The maximum Gasteiger partial charge on any atom is 0.0589 e. The first-order valence-corrected chi connectivity index (χ1v) is 5.62. The van der Waals surface area contributed by atoms with Gasteiger partial charge in [-0.2, -0.15) is 0 Å². The number of nitrogens with zero attached hydrogens (tertiary/aromatic N) is 2. The molecule has 0 spiro atoms. The zero-order chi connectivity index (χ0) is 10.6. The van der Waals surface area contributed by atoms with Crippen molar-refractivity contribution in [2.75, 3.05) is 39.9 Å². The van der Waals surface area contributed by atoms with Crippen LogP contribution in [0.2, 0.25) is 0 Å². The number of rotatable bonds is 4. The van der Waals surface area contributed by atoms with Gasteiger partial charge in [0.15, 0.2) is 0 Å². The molecule has 0 aromatic carbocycles. The average molecular weight is 200 g/mol. The SMILES string of the molecule is COCCN1CCN(C(C)C)C[C@H]1C. The molecule has 0 aliphatic carbocycles. The second kappa shape index (κ2) is 5.69. The predicted molar refractivity (Wildman–Crippen MR) is 59.6 cm³/mol. The fourth-order valence-corrected chi connectivity index (χ4v) is 2.03. The van der Waals surface area contributed by atoms with Crippen molar-refractivity contribution < 1.29 is 4.74 Å². The summed E-state index contributed by atoms with van der Waals surface area (Å²) in [5.74, 6) is 0. The van der Waals surface area contributed by atoms with Gasteiger partial charge in [0, 0.05) is 45.4 Å². The van der Waals surface area contributed by atoms with E-state index in [1.54, 1.807) is 7.11 Å². The molecule has 3 nitrogen and oxygen atoms in total. The van der Waals surface area contributed by atoms with E-state index in [4.69, 9.17) is 4.74 Å². The lowest BCUT2D eigenvalue weighted by Gasteiger charge is -2.41. The van der Waals surface area contributed by atoms with Gasteiger partial charge in [-0.05, 0) is 20.8 Å². The van der Waals surface area contributed by atoms with Gasteiger partial charge in [0.05, 0.1) is 6.61 Å². The molecular formula is C11H24N2O. The fourth-order valence-electron chi connectivity index (χ4n) is 2.03. The summed E-state index contributed by atoms with van der Waals surface area (Å²) in [7, 11) is 1.77. The summed E-state index contributed by atoms with van der Waals surface area (Å²) < 4.78 is 5.11. The van der Waals surface area contributed by atoms with Crippen molar-refractivity contribution in [1.29, 1.82) is 0 Å². The van der Waals surface area contributed by atoms with Crippen LogP contribution in [0.25, 0.3) is 0 Å². The Morgan fingerprint density at radius 2 is 2.07 bits per heavy atom. The van der Waals surface area contributed by atoms with Gasteiger partial charge in [0.25, 0.3) is 0 Å². The first-order valence-electron chi connectivity index (χ1n) is 5.62. The first kappa shape index (κ1) is 12.0. The third-order valence-electron chi connectivity index (χ3n) is 3.11. The molecule has 0 N–H and O–H groups in total. The number of methoxy groups -OCH3 is 1. The van der Waals surface area contributed by atoms with Gasteiger partial charge in [-0.1, -0.05) is 0 Å². The number of hydrogen-bond acceptors (Lipinski definition) is 3. The van der Waals surface area contributed by atoms with Crippen molar-refractivity contribution in [3.63, 3.8) is 0 Å². The van der Waals surface area contributed by atoms with Gasteiger partial charge >= 0.3 is 0 Å². The largest absolute Gasteiger partial charge is 0.383 e. The molecule has 0 radical (unpaired) electrons. The van der Waals surface area contributed by atoms with Crippen molar-refractivity contribution in [3.8, 4) is 0 Å². The molecule has 84 valence electrons. The van der Waals surface area contributed by atoms with E-state index in [2.05, 4.69) is 30.6 Å². The van der Waals surface area contributed by atoms with Gasteiger partial charge in [-0.3, -0.25) is 9.80 Å². The van der Waals surface area contributed by atoms with Crippen LogP contribution < -0.4 is 0 Å². The third kappa shape index (κ3) is 3.23. The van der Waals surface area contributed by atoms with E-state index in [1.807, 2.05) is 0 Å². The van der Waals surface area contributed by atoms with Crippen LogP contribution in [0.5, 0.6) is 0 Å². The molecule has 1 saturated heterocycles. The van der Waals surface area contributed by atoms with Crippen LogP contribution in [0.15, 0.2) is 0 Å². The Labute approximate surface area is 88.0 Å². The van der Waals surface area contributed by atoms with Crippen LogP contribution in [0, 0.1) is 0 Å². The third-order valence-corrected chi connectivity index (χ3v) is 3.11. The Balaban J connectivity index is 2.32. The van der Waals surface area contributed by atoms with Gasteiger partial charge in [0.1, 0.15) is 0 Å². The highest BCUT2D eigenvalue weighted by Crippen LogP contribution is 2.11. The quantitative estimate of drug-likeness (QED) is 0.674. The van der Waals surface area contributed by atoms with Crippen LogP contribution in [-0.2, 0) is 4.74 Å². The summed E-state index contributed by atoms with van der Waals surface area (Å²) >= 11 is 0. The second-order valence-corrected chi connectivity index (χ2v) is 4.47. The molecule has 0 unspecified atom stereocenters. The average Bonchev–Trinajstić information content (AvgIpc) is 2.15. The molecule has 1 heterocycles. The molecule has 14 heavy (non-hydrogen) atoms. The molecule has 1 aliphatic heterocycles. The Kier molecular flexibility index (Phi) is 4.85. The zero-order valence-corrected chi connectivity index (χ0v) is 9.99. The molecule has 0 aromatic rings. The smallest absolute Gasteiger partial charge is 0.0589 e. The molecule has 1 rings (SSSR count). The highest BCUT2D eigenvalue weighted by Gasteiger charge is 2.24. The van der Waals surface area contributed by atoms with Crippen LogP contribution in [0.3, 0.4) is 0 Å². The van der Waals surface area contributed by atoms with E-state index in [-0.39, 0.29) is 0 Å². The van der Waals surface area contributed by atoms with E-state index in [0.717, 1.165) is 13.2 Å². The fraction of sp³-hybridized carbons (Fsp3) is 1.00. The monoisotopic (exact) mass is 200 g/mol. The summed E-state index contributed by atoms with van der Waals surface area (Å²) in [5.41, 5.74) is 0. The minimum atomic E-state index is 0.668. The van der Waals surface area contributed by atoms with E-state index < -0.39 is 0 Å². The van der Waals surface area contributed by atoms with Crippen LogP contribution in [0.4, 0.5) is 0 Å². The number of hydrogen-bond donors (Lipinski definition) is 0. The Morgan fingerprint density at radius 1 is 1.36 bits per heavy atom. The van der Waals surface area contributed by atoms with Gasteiger partial charge < -0.3 is 4.74 Å². The lowest BCUT2D eigenvalue weighted by atomic mass is 10.1. The van der Waals surface area contributed by atoms with Crippen molar-refractivity contribution >= 4 is 0 Å². The van der Waals surface area contributed by atoms with Crippen LogP contribution in [-0.4, -0.2) is 61.8 Å². The molecule has 1 atom stereocenters. The highest BCUT2D eigenvalue weighted by atomic mass is 16.5. The summed E-state index contributed by atoms with van der Waals surface area (Å²) in [5, 5.41) is 0. The van der Waals surface area contributed by atoms with Crippen LogP contribution in [0.1, 0.15) is 20.8 Å². The highest BCUT2D eigenvalue weighted by molar-refractivity contribution is 4.80. The van der Waals surface area contributed by atoms with Crippen molar-refractivity contribution in [3.05, 3.63) is 0 Å². The Hall–Kier alpha value is -0.120. The lowest BCUT2D eigenvalue weighted by Crippen LogP contribution is -2.54. The van der Waals surface area contributed by atoms with Gasteiger partial charge in [-0.25, -0.2) is 0 Å². The zero-order valence-electron chi connectivity index (χ0n) is 9.99. The van der Waals surface area contributed by atoms with Gasteiger partial charge in [0.2, 0.25) is 0 Å². The summed E-state index contributed by atoms with van der Waals surface area (Å²) in [6.07, 6.45) is 0. The standard InChI is InChI=1S/C11H24N2O/c1-10(2)13-6-5-12(7-8-14-4)11(3)9-13/h10-11H,5-9H2,1-4H3/t11-/m1/s1. The number of piperazine rings is 1. The van der Waals surface area contributed by atoms with E-state index in [9.17, 15) is 0 Å². The summed E-state index contributed by atoms with van der Waals surface area (Å²) in [6.45, 7) is 12.4. The summed E-state index contributed by atoms with van der Waals surface area (Å²) in [4.78, 5) is 5.07. The molecule has 1 fully saturated rings. The topological polar surface area (TPSA) is 15.7 Å². The van der Waals surface area contributed by atoms with Crippen LogP contribution >= 0.6 is 0 Å². The van der Waals surface area contributed by atoms with E-state index in [0.29, 0.717) is 12.1 Å². The lowest BCUT2D eigenvalue weighted by molar-refractivity contribution is 0.0457. The predicted octanol–water partition coefficient (Wildman–Crippen LogP) is 1.05. The van der Waals surface area contributed by atoms with Crippen molar-refractivity contribution in [2.24, 2.45) is 0 Å². The number of ether oxygens (including phenoxy) is 1. The first-order chi connectivity index (χ1) is 6.65. The minimum Gasteiger partial charge on any atom is -0.383 e. The maximum absolute atomic E-state index is 5.11. The normalized spacial score (nSPS) is 25.9. The molecule has 0 saturated carbocycles. The molecular weight excluding hydrogens is 176 g/mol. The molecule has 0 aromatic heterocycles. The molecule has 0 amide bonds. The molecule has 1 aliphatic rings.